The third kappa shape index (κ3) is 7.85. The van der Waals surface area contributed by atoms with Crippen molar-refractivity contribution in [1.82, 2.24) is 9.55 Å². The van der Waals surface area contributed by atoms with Gasteiger partial charge in [0.2, 0.25) is 0 Å². The van der Waals surface area contributed by atoms with E-state index in [2.05, 4.69) is 82.9 Å². The van der Waals surface area contributed by atoms with Crippen molar-refractivity contribution in [3.05, 3.63) is 199 Å². The van der Waals surface area contributed by atoms with Gasteiger partial charge < -0.3 is 19.1 Å². The molecular formula is C57H49N4OPt-3. The maximum Gasteiger partial charge on any atom is 0.135 e. The smallest absolute Gasteiger partial charge is 0.135 e. The molecule has 0 saturated carbocycles. The second-order valence-electron chi connectivity index (χ2n) is 17.7. The van der Waals surface area contributed by atoms with Gasteiger partial charge in [-0.05, 0) is 81.2 Å². The number of anilines is 4. The van der Waals surface area contributed by atoms with Crippen LogP contribution < -0.4 is 14.5 Å². The molecule has 0 fully saturated rings. The number of rotatable bonds is 7. The molecule has 10 rings (SSSR count). The number of fused-ring (bicyclic) bond motifs is 4. The molecule has 0 radical (unpaired) electrons. The van der Waals surface area contributed by atoms with E-state index in [9.17, 15) is 0 Å². The van der Waals surface area contributed by atoms with Crippen LogP contribution in [0.5, 0.6) is 11.5 Å². The van der Waals surface area contributed by atoms with Gasteiger partial charge in [-0.25, -0.2) is 4.98 Å². The summed E-state index contributed by atoms with van der Waals surface area (Å²) in [4.78, 5) is 8.67. The Bertz CT molecular complexity index is 3530. The molecule has 9 aromatic rings. The third-order valence-electron chi connectivity index (χ3n) is 11.4. The van der Waals surface area contributed by atoms with Crippen LogP contribution in [0, 0.1) is 25.7 Å². The molecule has 0 amide bonds. The van der Waals surface area contributed by atoms with Crippen LogP contribution in [0.2, 0.25) is 0 Å². The molecule has 5 nitrogen and oxygen atoms in total. The van der Waals surface area contributed by atoms with Crippen LogP contribution in [-0.2, 0) is 31.9 Å². The zero-order valence-electron chi connectivity index (χ0n) is 43.8. The Labute approximate surface area is 397 Å². The van der Waals surface area contributed by atoms with Gasteiger partial charge in [-0.1, -0.05) is 144 Å². The minimum atomic E-state index is -2.33. The largest absolute Gasteiger partial charge is 0.509 e. The molecule has 1 aliphatic rings. The van der Waals surface area contributed by atoms with Gasteiger partial charge in [0.25, 0.3) is 0 Å². The number of para-hydroxylation sites is 3. The van der Waals surface area contributed by atoms with Crippen molar-refractivity contribution in [1.29, 1.82) is 0 Å². The van der Waals surface area contributed by atoms with E-state index in [1.54, 1.807) is 6.07 Å². The van der Waals surface area contributed by atoms with E-state index in [4.69, 9.17) is 15.7 Å². The molecular weight excluding hydrogens is 952 g/mol. The average molecular weight is 1010 g/mol. The summed E-state index contributed by atoms with van der Waals surface area (Å²) in [5, 5.41) is 1.88. The second kappa shape index (κ2) is 16.4. The van der Waals surface area contributed by atoms with Gasteiger partial charge in [0.1, 0.15) is 5.82 Å². The molecule has 63 heavy (non-hydrogen) atoms. The molecule has 6 heteroatoms. The van der Waals surface area contributed by atoms with Gasteiger partial charge >= 0.3 is 0 Å². The molecule has 0 aliphatic carbocycles. The van der Waals surface area contributed by atoms with E-state index in [1.807, 2.05) is 112 Å². The summed E-state index contributed by atoms with van der Waals surface area (Å²) in [7, 11) is 0. The Morgan fingerprint density at radius 3 is 2.10 bits per heavy atom. The summed E-state index contributed by atoms with van der Waals surface area (Å²) in [5.41, 5.74) is 8.90. The van der Waals surface area contributed by atoms with Gasteiger partial charge in [0.15, 0.2) is 0 Å². The van der Waals surface area contributed by atoms with Crippen LogP contribution in [0.3, 0.4) is 0 Å². The molecule has 316 valence electrons. The number of hydrogen-bond donors (Lipinski definition) is 0. The van der Waals surface area contributed by atoms with Crippen molar-refractivity contribution in [2.75, 3.05) is 9.80 Å². The first-order chi connectivity index (χ1) is 33.2. The van der Waals surface area contributed by atoms with Gasteiger partial charge in [-0.15, -0.1) is 48.1 Å². The fourth-order valence-corrected chi connectivity index (χ4v) is 8.24. The van der Waals surface area contributed by atoms with Crippen LogP contribution in [0.25, 0.3) is 49.9 Å². The predicted octanol–water partition coefficient (Wildman–Crippen LogP) is 15.2. The molecule has 0 saturated heterocycles. The zero-order chi connectivity index (χ0) is 49.6. The van der Waals surface area contributed by atoms with Crippen molar-refractivity contribution in [3.8, 4) is 39.6 Å². The summed E-state index contributed by atoms with van der Waals surface area (Å²) in [6.45, 7) is 12.6. The van der Waals surface area contributed by atoms with Gasteiger partial charge in [-0.3, -0.25) is 0 Å². The Hall–Kier alpha value is -6.42. The minimum Gasteiger partial charge on any atom is -0.509 e. The number of hydrogen-bond acceptors (Lipinski definition) is 4. The summed E-state index contributed by atoms with van der Waals surface area (Å²) >= 11 is 0. The third-order valence-corrected chi connectivity index (χ3v) is 11.4. The molecule has 7 aromatic carbocycles. The molecule has 0 bridgehead atoms. The number of ether oxygens (including phenoxy) is 1. The average Bonchev–Trinajstić information content (AvgIpc) is 3.87. The second-order valence-corrected chi connectivity index (χ2v) is 17.7. The van der Waals surface area contributed by atoms with Crippen LogP contribution in [-0.4, -0.2) is 9.55 Å². The molecule has 0 spiro atoms. The molecule has 3 heterocycles. The van der Waals surface area contributed by atoms with E-state index in [-0.39, 0.29) is 55.1 Å². The Balaban J connectivity index is 0.00000624. The zero-order valence-corrected chi connectivity index (χ0v) is 38.1. The standard InChI is InChI=1S/C57H49N4O.Pt/c1-38-30-31-58-54(32-38)61-50-29-26-42(57(5,6)7)34-49(50)48-28-27-45(36-53(48)61)62-44-21-14-20-43(35-44)59-37-60(52-25-12-11-24-51(52)59)55-46(39-16-9-8-10-17-39)22-15-23-47(55)40-18-13-19-41(33-40)56(2,3)4;/h8-34,37H,1-7H3;/q-3;/i1D3,8D,9D,10D,16D,17D;. The number of nitrogens with zero attached hydrogens (tertiary/aromatic N) is 4. The number of pyridine rings is 1. The number of aromatic nitrogens is 2. The molecule has 0 N–H and O–H groups in total. The van der Waals surface area contributed by atoms with E-state index >= 15 is 0 Å². The van der Waals surface area contributed by atoms with Crippen LogP contribution in [0.4, 0.5) is 22.7 Å². The van der Waals surface area contributed by atoms with Crippen molar-refractivity contribution in [3.63, 3.8) is 0 Å². The topological polar surface area (TPSA) is 33.5 Å². The van der Waals surface area contributed by atoms with E-state index < -0.39 is 25.0 Å². The van der Waals surface area contributed by atoms with Crippen LogP contribution >= 0.6 is 0 Å². The molecule has 0 atom stereocenters. The maximum atomic E-state index is 9.10. The fraction of sp³-hybridized carbons (Fsp3) is 0.158. The first kappa shape index (κ1) is 33.2. The first-order valence-corrected chi connectivity index (χ1v) is 20.7. The van der Waals surface area contributed by atoms with E-state index in [0.717, 1.165) is 49.9 Å². The van der Waals surface area contributed by atoms with Crippen LogP contribution in [0.1, 0.15) is 69.2 Å². The Kier molecular flexibility index (Phi) is 8.62. The van der Waals surface area contributed by atoms with Crippen molar-refractivity contribution in [2.24, 2.45) is 0 Å². The minimum absolute atomic E-state index is 0. The molecule has 1 aliphatic heterocycles. The molecule has 0 unspecified atom stereocenters. The predicted molar refractivity (Wildman–Crippen MR) is 257 cm³/mol. The summed E-state index contributed by atoms with van der Waals surface area (Å²) in [6, 6.07) is 46.0. The van der Waals surface area contributed by atoms with Crippen LogP contribution in [0.15, 0.2) is 164 Å². The Morgan fingerprint density at radius 1 is 0.635 bits per heavy atom. The van der Waals surface area contributed by atoms with Crippen molar-refractivity contribution >= 4 is 44.6 Å². The molecule has 2 aromatic heterocycles. The summed E-state index contributed by atoms with van der Waals surface area (Å²) < 4.78 is 76.8. The maximum absolute atomic E-state index is 9.10. The monoisotopic (exact) mass is 1010 g/mol. The number of aryl methyl sites for hydroxylation is 1. The van der Waals surface area contributed by atoms with E-state index in [0.29, 0.717) is 39.8 Å². The summed E-state index contributed by atoms with van der Waals surface area (Å²) in [5.74, 6) is 1.28. The van der Waals surface area contributed by atoms with Crippen molar-refractivity contribution < 1.29 is 36.8 Å². The number of benzene rings is 7. The van der Waals surface area contributed by atoms with E-state index in [1.165, 1.54) is 12.3 Å². The van der Waals surface area contributed by atoms with Crippen molar-refractivity contribution in [2.45, 2.75) is 59.2 Å². The van der Waals surface area contributed by atoms with Gasteiger partial charge in [0, 0.05) is 76.6 Å². The first-order valence-electron chi connectivity index (χ1n) is 24.7. The normalized spacial score (nSPS) is 14.8. The van der Waals surface area contributed by atoms with Gasteiger partial charge in [0.05, 0.1) is 6.85 Å². The fourth-order valence-electron chi connectivity index (χ4n) is 8.24. The Morgan fingerprint density at radius 2 is 1.33 bits per heavy atom. The quantitative estimate of drug-likeness (QED) is 0.149. The van der Waals surface area contributed by atoms with Gasteiger partial charge in [-0.2, -0.15) is 12.1 Å². The summed E-state index contributed by atoms with van der Waals surface area (Å²) in [6.07, 6.45) is 1.52. The SMILES string of the molecule is [2H]c1c([2H])c([2H])c(-c2cccc(-c3cccc(C(C)(C)C)c3)c2N2[CH-]N(c3[c-]c(Oc4[c-]c5c(cc4)c4cc(C(C)(C)C)ccc4n5-c4cc(C([2H])([2H])[2H])ccn4)ccc3)c3ccccc32)c([2H])c1[2H].[Pt].